The zero-order chi connectivity index (χ0) is 8.27. The molecular weight excluding hydrogens is 174 g/mol. The van der Waals surface area contributed by atoms with Crippen molar-refractivity contribution in [3.05, 3.63) is 29.8 Å². The first-order valence-electron chi connectivity index (χ1n) is 3.31. The second kappa shape index (κ2) is 4.04. The van der Waals surface area contributed by atoms with Crippen molar-refractivity contribution in [2.45, 2.75) is 10.3 Å². The molecule has 0 bridgehead atoms. The Hall–Kier alpha value is -0.120. The fourth-order valence-corrected chi connectivity index (χ4v) is 1.38. The summed E-state index contributed by atoms with van der Waals surface area (Å²) < 4.78 is 0. The summed E-state index contributed by atoms with van der Waals surface area (Å²) in [5.41, 5.74) is 6.62. The van der Waals surface area contributed by atoms with Gasteiger partial charge < -0.3 is 5.73 Å². The summed E-state index contributed by atoms with van der Waals surface area (Å²) in [6.45, 7) is 0. The molecule has 1 atom stereocenters. The van der Waals surface area contributed by atoms with Gasteiger partial charge in [-0.1, -0.05) is 12.1 Å². The maximum Gasteiger partial charge on any atom is 0.0734 e. The molecule has 0 aromatic heterocycles. The number of benzene rings is 1. The lowest BCUT2D eigenvalue weighted by Crippen LogP contribution is -2.01. The molecule has 1 nitrogen and oxygen atoms in total. The zero-order valence-corrected chi connectivity index (χ0v) is 8.03. The average molecular weight is 185 g/mol. The van der Waals surface area contributed by atoms with Gasteiger partial charge in [-0.05, 0) is 24.0 Å². The number of rotatable bonds is 2. The van der Waals surface area contributed by atoms with Crippen molar-refractivity contribution < 1.29 is 0 Å². The molecule has 1 rings (SSSR count). The van der Waals surface area contributed by atoms with E-state index in [1.165, 1.54) is 4.90 Å². The lowest BCUT2D eigenvalue weighted by molar-refractivity contribution is 1.04. The minimum Gasteiger partial charge on any atom is -0.316 e. The molecule has 1 aromatic rings. The predicted molar refractivity (Wildman–Crippen MR) is 54.1 cm³/mol. The second-order valence-corrected chi connectivity index (χ2v) is 3.65. The third-order valence-electron chi connectivity index (χ3n) is 1.46. The van der Waals surface area contributed by atoms with Crippen LogP contribution in [-0.4, -0.2) is 6.26 Å². The van der Waals surface area contributed by atoms with E-state index in [1.54, 1.807) is 11.8 Å². The molecule has 0 aliphatic heterocycles. The van der Waals surface area contributed by atoms with E-state index in [9.17, 15) is 0 Å². The first-order chi connectivity index (χ1) is 5.24. The van der Waals surface area contributed by atoms with Crippen LogP contribution >= 0.6 is 24.4 Å². The Bertz CT molecular complexity index is 218. The lowest BCUT2D eigenvalue weighted by Gasteiger charge is -2.04. The standard InChI is InChI=1S/C8H11NS2/c1-11-7-4-2-6(3-5-7)8(9)10/h2-5,8,10H,9H2,1H3. The largest absolute Gasteiger partial charge is 0.316 e. The minimum absolute atomic E-state index is 0.161. The van der Waals surface area contributed by atoms with Gasteiger partial charge in [0.15, 0.2) is 0 Å². The van der Waals surface area contributed by atoms with E-state index in [2.05, 4.69) is 31.0 Å². The van der Waals surface area contributed by atoms with Crippen LogP contribution in [0.2, 0.25) is 0 Å². The van der Waals surface area contributed by atoms with Crippen molar-refractivity contribution in [3.8, 4) is 0 Å². The predicted octanol–water partition coefficient (Wildman–Crippen LogP) is 2.30. The van der Waals surface area contributed by atoms with Gasteiger partial charge in [0.2, 0.25) is 0 Å². The minimum atomic E-state index is -0.161. The number of nitrogens with two attached hydrogens (primary N) is 1. The molecule has 0 heterocycles. The van der Waals surface area contributed by atoms with Gasteiger partial charge in [-0.3, -0.25) is 0 Å². The first kappa shape index (κ1) is 8.97. The monoisotopic (exact) mass is 185 g/mol. The fourth-order valence-electron chi connectivity index (χ4n) is 0.801. The lowest BCUT2D eigenvalue weighted by atomic mass is 10.2. The summed E-state index contributed by atoms with van der Waals surface area (Å²) in [4.78, 5) is 1.25. The smallest absolute Gasteiger partial charge is 0.0734 e. The molecule has 0 amide bonds. The van der Waals surface area contributed by atoms with Crippen LogP contribution in [0.25, 0.3) is 0 Å². The molecule has 0 spiro atoms. The molecule has 0 aliphatic carbocycles. The van der Waals surface area contributed by atoms with E-state index in [0.29, 0.717) is 0 Å². The summed E-state index contributed by atoms with van der Waals surface area (Å²) >= 11 is 5.85. The Kier molecular flexibility index (Phi) is 3.30. The third-order valence-corrected chi connectivity index (χ3v) is 2.50. The maximum absolute atomic E-state index is 5.56. The molecule has 0 fully saturated rings. The van der Waals surface area contributed by atoms with Gasteiger partial charge >= 0.3 is 0 Å². The third kappa shape index (κ3) is 2.43. The Labute approximate surface area is 76.8 Å². The topological polar surface area (TPSA) is 26.0 Å². The van der Waals surface area contributed by atoms with E-state index in [-0.39, 0.29) is 5.37 Å². The number of hydrogen-bond donors (Lipinski definition) is 2. The Balaban J connectivity index is 2.83. The molecule has 2 N–H and O–H groups in total. The van der Waals surface area contributed by atoms with Crippen molar-refractivity contribution in [3.63, 3.8) is 0 Å². The molecule has 0 saturated heterocycles. The molecule has 60 valence electrons. The van der Waals surface area contributed by atoms with Crippen molar-refractivity contribution >= 4 is 24.4 Å². The summed E-state index contributed by atoms with van der Waals surface area (Å²) in [7, 11) is 0. The summed E-state index contributed by atoms with van der Waals surface area (Å²) in [6, 6.07) is 8.11. The van der Waals surface area contributed by atoms with Crippen LogP contribution in [0.15, 0.2) is 29.2 Å². The van der Waals surface area contributed by atoms with Crippen LogP contribution in [-0.2, 0) is 0 Å². The van der Waals surface area contributed by atoms with Gasteiger partial charge in [0.05, 0.1) is 5.37 Å². The van der Waals surface area contributed by atoms with E-state index < -0.39 is 0 Å². The van der Waals surface area contributed by atoms with Crippen LogP contribution < -0.4 is 5.73 Å². The van der Waals surface area contributed by atoms with Gasteiger partial charge in [0.1, 0.15) is 0 Å². The Morgan fingerprint density at radius 1 is 1.36 bits per heavy atom. The van der Waals surface area contributed by atoms with Crippen LogP contribution in [0, 0.1) is 0 Å². The quantitative estimate of drug-likeness (QED) is 0.420. The SMILES string of the molecule is CSc1ccc(C(N)S)cc1. The van der Waals surface area contributed by atoms with Crippen molar-refractivity contribution in [2.75, 3.05) is 6.26 Å². The average Bonchev–Trinajstić information content (AvgIpc) is 2.05. The maximum atomic E-state index is 5.56. The van der Waals surface area contributed by atoms with Gasteiger partial charge in [0, 0.05) is 4.90 Å². The van der Waals surface area contributed by atoms with Gasteiger partial charge in [-0.15, -0.1) is 11.8 Å². The zero-order valence-electron chi connectivity index (χ0n) is 6.32. The van der Waals surface area contributed by atoms with Gasteiger partial charge in [0.25, 0.3) is 0 Å². The molecule has 0 aliphatic rings. The molecule has 0 radical (unpaired) electrons. The highest BCUT2D eigenvalue weighted by Crippen LogP contribution is 2.19. The van der Waals surface area contributed by atoms with E-state index in [1.807, 2.05) is 12.1 Å². The second-order valence-electron chi connectivity index (χ2n) is 2.22. The molecule has 3 heteroatoms. The molecule has 1 unspecified atom stereocenters. The van der Waals surface area contributed by atoms with Gasteiger partial charge in [-0.2, -0.15) is 12.6 Å². The first-order valence-corrected chi connectivity index (χ1v) is 5.06. The molecule has 1 aromatic carbocycles. The van der Waals surface area contributed by atoms with Crippen LogP contribution in [0.3, 0.4) is 0 Å². The van der Waals surface area contributed by atoms with E-state index >= 15 is 0 Å². The molecular formula is C8H11NS2. The number of thioether (sulfide) groups is 1. The van der Waals surface area contributed by atoms with Gasteiger partial charge in [-0.25, -0.2) is 0 Å². The summed E-state index contributed by atoms with van der Waals surface area (Å²) in [5.74, 6) is 0. The van der Waals surface area contributed by atoms with Crippen LogP contribution in [0.1, 0.15) is 10.9 Å². The highest BCUT2D eigenvalue weighted by molar-refractivity contribution is 7.98. The van der Waals surface area contributed by atoms with Crippen molar-refractivity contribution in [2.24, 2.45) is 5.73 Å². The summed E-state index contributed by atoms with van der Waals surface area (Å²) in [5, 5.41) is -0.161. The number of hydrogen-bond acceptors (Lipinski definition) is 3. The van der Waals surface area contributed by atoms with Crippen LogP contribution in [0.5, 0.6) is 0 Å². The highest BCUT2D eigenvalue weighted by atomic mass is 32.2. The molecule has 11 heavy (non-hydrogen) atoms. The summed E-state index contributed by atoms with van der Waals surface area (Å²) in [6.07, 6.45) is 2.05. The van der Waals surface area contributed by atoms with Crippen molar-refractivity contribution in [1.82, 2.24) is 0 Å². The highest BCUT2D eigenvalue weighted by Gasteiger charge is 1.97. The van der Waals surface area contributed by atoms with Crippen molar-refractivity contribution in [1.29, 1.82) is 0 Å². The molecule has 0 saturated carbocycles. The number of thiol groups is 1. The van der Waals surface area contributed by atoms with Crippen LogP contribution in [0.4, 0.5) is 0 Å². The Morgan fingerprint density at radius 2 is 1.91 bits per heavy atom. The fraction of sp³-hybridized carbons (Fsp3) is 0.250. The Morgan fingerprint density at radius 3 is 2.27 bits per heavy atom. The van der Waals surface area contributed by atoms with E-state index in [4.69, 9.17) is 5.73 Å². The van der Waals surface area contributed by atoms with E-state index in [0.717, 1.165) is 5.56 Å². The normalized spacial score (nSPS) is 13.0.